The number of hydrogen-bond donors (Lipinski definition) is 0. The molecule has 0 radical (unpaired) electrons. The lowest BCUT2D eigenvalue weighted by Gasteiger charge is -2.44. The van der Waals surface area contributed by atoms with Crippen molar-refractivity contribution in [2.45, 2.75) is 48.2 Å². The van der Waals surface area contributed by atoms with E-state index in [-0.39, 0.29) is 6.42 Å². The molecule has 57 heavy (non-hydrogen) atoms. The van der Waals surface area contributed by atoms with Gasteiger partial charge in [0.15, 0.2) is 0 Å². The summed E-state index contributed by atoms with van der Waals surface area (Å²) >= 11 is 0. The van der Waals surface area contributed by atoms with Gasteiger partial charge in [-0.3, -0.25) is 0 Å². The normalized spacial score (nSPS) is 13.1. The van der Waals surface area contributed by atoms with Gasteiger partial charge in [0.2, 0.25) is 0 Å². The third kappa shape index (κ3) is 8.26. The lowest BCUT2D eigenvalue weighted by atomic mass is 9.79. The zero-order valence-electron chi connectivity index (χ0n) is 31.0. The van der Waals surface area contributed by atoms with Crippen molar-refractivity contribution in [2.24, 2.45) is 0 Å². The van der Waals surface area contributed by atoms with Gasteiger partial charge < -0.3 is 14.2 Å². The monoisotopic (exact) mass is 786 g/mol. The van der Waals surface area contributed by atoms with Gasteiger partial charge in [-0.2, -0.15) is 30.7 Å². The molecule has 0 amide bonds. The summed E-state index contributed by atoms with van der Waals surface area (Å²) in [4.78, 5) is 0. The molecule has 0 saturated heterocycles. The number of ether oxygens (including phenoxy) is 3. The van der Waals surface area contributed by atoms with Gasteiger partial charge in [0.25, 0.3) is 0 Å². The van der Waals surface area contributed by atoms with Gasteiger partial charge in [-0.1, -0.05) is 189 Å². The van der Waals surface area contributed by atoms with Crippen molar-refractivity contribution in [3.8, 4) is 0 Å². The van der Waals surface area contributed by atoms with E-state index in [4.69, 9.17) is 14.2 Å². The molecule has 0 spiro atoms. The Kier molecular flexibility index (Phi) is 12.4. The summed E-state index contributed by atoms with van der Waals surface area (Å²) in [5.41, 5.74) is -1.13. The molecular formula is C47H41F7O3. The first kappa shape index (κ1) is 41.3. The fourth-order valence-corrected chi connectivity index (χ4v) is 6.99. The smallest absolute Gasteiger partial charge is 0.364 e. The summed E-state index contributed by atoms with van der Waals surface area (Å²) in [7, 11) is 0. The second kappa shape index (κ2) is 17.1. The zero-order valence-corrected chi connectivity index (χ0v) is 31.0. The van der Waals surface area contributed by atoms with Crippen molar-refractivity contribution in [2.75, 3.05) is 19.8 Å². The van der Waals surface area contributed by atoms with E-state index < -0.39 is 54.6 Å². The largest absolute Gasteiger partial charge is 0.459 e. The van der Waals surface area contributed by atoms with Crippen molar-refractivity contribution in [1.82, 2.24) is 0 Å². The van der Waals surface area contributed by atoms with Crippen LogP contribution >= 0.6 is 0 Å². The van der Waals surface area contributed by atoms with Crippen molar-refractivity contribution in [3.05, 3.63) is 215 Å². The van der Waals surface area contributed by atoms with E-state index in [0.717, 1.165) is 0 Å². The molecular weight excluding hydrogens is 746 g/mol. The Hall–Kier alpha value is -5.29. The Morgan fingerprint density at radius 1 is 0.351 bits per heavy atom. The zero-order chi connectivity index (χ0) is 40.6. The number of alkyl halides is 7. The molecule has 0 atom stereocenters. The number of benzene rings is 6. The van der Waals surface area contributed by atoms with E-state index in [1.54, 1.807) is 79.7 Å². The van der Waals surface area contributed by atoms with Crippen LogP contribution in [0.15, 0.2) is 182 Å². The summed E-state index contributed by atoms with van der Waals surface area (Å²) in [5, 5.41) is 0. The van der Waals surface area contributed by atoms with Crippen LogP contribution in [-0.4, -0.2) is 43.4 Å². The first-order valence-electron chi connectivity index (χ1n) is 18.4. The predicted octanol–water partition coefficient (Wildman–Crippen LogP) is 12.0. The lowest BCUT2D eigenvalue weighted by Crippen LogP contribution is -2.57. The topological polar surface area (TPSA) is 27.7 Å². The summed E-state index contributed by atoms with van der Waals surface area (Å²) in [6.45, 7) is -1.92. The van der Waals surface area contributed by atoms with Crippen LogP contribution in [0.1, 0.15) is 46.7 Å². The Morgan fingerprint density at radius 3 is 0.807 bits per heavy atom. The fraction of sp³-hybridized carbons (Fsp3) is 0.234. The number of rotatable bonds is 17. The highest BCUT2D eigenvalue weighted by Crippen LogP contribution is 2.48. The van der Waals surface area contributed by atoms with Gasteiger partial charge in [0.05, 0.1) is 13.2 Å². The van der Waals surface area contributed by atoms with Crippen molar-refractivity contribution >= 4 is 0 Å². The molecule has 0 saturated carbocycles. The van der Waals surface area contributed by atoms with Crippen molar-refractivity contribution < 1.29 is 44.9 Å². The maximum Gasteiger partial charge on any atom is 0.459 e. The molecule has 0 heterocycles. The van der Waals surface area contributed by atoms with Gasteiger partial charge in [0, 0.05) is 0 Å². The lowest BCUT2D eigenvalue weighted by molar-refractivity contribution is -0.367. The fourth-order valence-electron chi connectivity index (χ4n) is 6.99. The maximum atomic E-state index is 15.2. The Bertz CT molecular complexity index is 1790. The minimum absolute atomic E-state index is 0.205. The van der Waals surface area contributed by atoms with E-state index in [9.17, 15) is 22.0 Å². The molecule has 6 rings (SSSR count). The SMILES string of the molecule is CCC(COC(c1ccccc1)(c1ccccc1)c1ccccc1)(COC(c1ccccc1)(c1ccccc1)c1ccccc1)OCC(F)(F)C(F)(F)C(F)(F)F. The molecule has 0 fully saturated rings. The van der Waals surface area contributed by atoms with E-state index in [0.29, 0.717) is 33.4 Å². The standard InChI is InChI=1S/C47H41F7O3/c1-2-42(55-35-43(48,49)46(50,51)47(52,53)54,33-56-44(36-21-9-3-10-22-36,37-23-11-4-12-24-37)38-25-13-5-14-26-38)34-57-45(39-27-15-6-16-28-39,40-29-17-7-18-30-40)41-31-19-8-20-32-41/h3-32H,2,33-35H2,1H3. The summed E-state index contributed by atoms with van der Waals surface area (Å²) < 4.78 is 119. The number of hydrogen-bond acceptors (Lipinski definition) is 3. The molecule has 0 aliphatic rings. The van der Waals surface area contributed by atoms with Crippen LogP contribution in [0.2, 0.25) is 0 Å². The van der Waals surface area contributed by atoms with Crippen LogP contribution in [0.25, 0.3) is 0 Å². The van der Waals surface area contributed by atoms with E-state index in [2.05, 4.69) is 0 Å². The second-order valence-electron chi connectivity index (χ2n) is 13.7. The highest BCUT2D eigenvalue weighted by atomic mass is 19.4. The van der Waals surface area contributed by atoms with Crippen molar-refractivity contribution in [1.29, 1.82) is 0 Å². The Morgan fingerprint density at radius 2 is 0.596 bits per heavy atom. The molecule has 0 unspecified atom stereocenters. The molecule has 10 heteroatoms. The molecule has 0 aliphatic heterocycles. The van der Waals surface area contributed by atoms with Gasteiger partial charge >= 0.3 is 18.0 Å². The highest BCUT2D eigenvalue weighted by Gasteiger charge is 2.73. The maximum absolute atomic E-state index is 15.2. The minimum Gasteiger partial charge on any atom is -0.364 e. The van der Waals surface area contributed by atoms with Crippen LogP contribution < -0.4 is 0 Å². The third-order valence-corrected chi connectivity index (χ3v) is 10.2. The van der Waals surface area contributed by atoms with Gasteiger partial charge in [-0.25, -0.2) is 0 Å². The Labute approximate surface area is 327 Å². The quantitative estimate of drug-likeness (QED) is 0.0681. The molecule has 296 valence electrons. The van der Waals surface area contributed by atoms with Crippen LogP contribution in [-0.2, 0) is 25.4 Å². The molecule has 0 bridgehead atoms. The predicted molar refractivity (Wildman–Crippen MR) is 205 cm³/mol. The van der Waals surface area contributed by atoms with Crippen molar-refractivity contribution in [3.63, 3.8) is 0 Å². The number of halogens is 7. The van der Waals surface area contributed by atoms with Gasteiger partial charge in [-0.05, 0) is 39.8 Å². The molecule has 3 nitrogen and oxygen atoms in total. The summed E-state index contributed by atoms with van der Waals surface area (Å²) in [6.07, 6.45) is -6.75. The second-order valence-corrected chi connectivity index (χ2v) is 13.7. The van der Waals surface area contributed by atoms with Crippen LogP contribution in [0.4, 0.5) is 30.7 Å². The molecule has 0 aromatic heterocycles. The minimum atomic E-state index is -6.55. The van der Waals surface area contributed by atoms with Crippen LogP contribution in [0.5, 0.6) is 0 Å². The first-order valence-corrected chi connectivity index (χ1v) is 18.4. The van der Waals surface area contributed by atoms with E-state index in [1.165, 1.54) is 0 Å². The van der Waals surface area contributed by atoms with E-state index in [1.807, 2.05) is 109 Å². The van der Waals surface area contributed by atoms with Gasteiger partial charge in [0.1, 0.15) is 23.4 Å². The average molecular weight is 787 g/mol. The molecule has 0 aliphatic carbocycles. The Balaban J connectivity index is 1.52. The summed E-state index contributed by atoms with van der Waals surface area (Å²) in [6, 6.07) is 54.5. The summed E-state index contributed by atoms with van der Waals surface area (Å²) in [5.74, 6) is -12.1. The van der Waals surface area contributed by atoms with Crippen LogP contribution in [0, 0.1) is 0 Å². The van der Waals surface area contributed by atoms with E-state index >= 15 is 8.78 Å². The van der Waals surface area contributed by atoms with Gasteiger partial charge in [-0.15, -0.1) is 0 Å². The third-order valence-electron chi connectivity index (χ3n) is 10.2. The first-order chi connectivity index (χ1) is 27.3. The van der Waals surface area contributed by atoms with Crippen LogP contribution in [0.3, 0.4) is 0 Å². The average Bonchev–Trinajstić information content (AvgIpc) is 3.25. The molecule has 6 aromatic rings. The molecule has 6 aromatic carbocycles. The molecule has 0 N–H and O–H groups in total. The highest BCUT2D eigenvalue weighted by molar-refractivity contribution is 5.49.